The third-order valence-electron chi connectivity index (χ3n) is 5.07. The van der Waals surface area contributed by atoms with Crippen molar-refractivity contribution >= 4 is 33.8 Å². The molecule has 0 bridgehead atoms. The van der Waals surface area contributed by atoms with Crippen LogP contribution in [0.1, 0.15) is 30.1 Å². The van der Waals surface area contributed by atoms with Gasteiger partial charge >= 0.3 is 0 Å². The molecule has 1 fully saturated rings. The number of rotatable bonds is 7. The topological polar surface area (TPSA) is 97.6 Å². The average molecular weight is 439 g/mol. The third-order valence-corrected chi connectivity index (χ3v) is 5.82. The molecule has 2 aromatic carbocycles. The van der Waals surface area contributed by atoms with Gasteiger partial charge in [-0.05, 0) is 56.2 Å². The summed E-state index contributed by atoms with van der Waals surface area (Å²) in [5.41, 5.74) is 2.38. The molecule has 0 radical (unpaired) electrons. The van der Waals surface area contributed by atoms with E-state index in [1.807, 2.05) is 41.5 Å². The van der Waals surface area contributed by atoms with Crippen molar-refractivity contribution in [3.05, 3.63) is 63.5 Å². The summed E-state index contributed by atoms with van der Waals surface area (Å²) in [5.74, 6) is 0.359. The van der Waals surface area contributed by atoms with E-state index in [1.54, 1.807) is 12.1 Å². The normalized spacial score (nSPS) is 13.3. The molecule has 160 valence electrons. The number of hydrogen-bond donors (Lipinski definition) is 1. The SMILES string of the molecule is CCOc1ccc(-c2csc(NC(=O)c3ccc(N4CCCC4)c([N+](=O)[O-])c3)n2)cc1. The van der Waals surface area contributed by atoms with Crippen LogP contribution in [-0.4, -0.2) is 35.5 Å². The lowest BCUT2D eigenvalue weighted by atomic mass is 10.1. The summed E-state index contributed by atoms with van der Waals surface area (Å²) in [6.07, 6.45) is 2.03. The van der Waals surface area contributed by atoms with Crippen LogP contribution in [0.5, 0.6) is 5.75 Å². The first kappa shape index (κ1) is 20.8. The maximum absolute atomic E-state index is 12.7. The molecular formula is C22H22N4O4S. The van der Waals surface area contributed by atoms with E-state index < -0.39 is 10.8 Å². The quantitative estimate of drug-likeness (QED) is 0.413. The van der Waals surface area contributed by atoms with E-state index >= 15 is 0 Å². The lowest BCUT2D eigenvalue weighted by molar-refractivity contribution is -0.384. The highest BCUT2D eigenvalue weighted by Crippen LogP contribution is 2.32. The van der Waals surface area contributed by atoms with Crippen molar-refractivity contribution in [1.29, 1.82) is 0 Å². The number of nitro groups is 1. The third kappa shape index (κ3) is 4.66. The molecule has 0 saturated carbocycles. The summed E-state index contributed by atoms with van der Waals surface area (Å²) >= 11 is 1.30. The molecule has 8 nitrogen and oxygen atoms in total. The first-order valence-corrected chi connectivity index (χ1v) is 11.0. The molecule has 1 N–H and O–H groups in total. The van der Waals surface area contributed by atoms with Crippen LogP contribution >= 0.6 is 11.3 Å². The summed E-state index contributed by atoms with van der Waals surface area (Å²) in [4.78, 5) is 30.3. The lowest BCUT2D eigenvalue weighted by Gasteiger charge is -2.17. The van der Waals surface area contributed by atoms with E-state index in [2.05, 4.69) is 10.3 Å². The number of amides is 1. The van der Waals surface area contributed by atoms with Crippen molar-refractivity contribution < 1.29 is 14.5 Å². The number of nitrogens with zero attached hydrogens (tertiary/aromatic N) is 3. The minimum atomic E-state index is -0.433. The minimum Gasteiger partial charge on any atom is -0.494 e. The highest BCUT2D eigenvalue weighted by atomic mass is 32.1. The summed E-state index contributed by atoms with van der Waals surface area (Å²) in [7, 11) is 0. The molecule has 31 heavy (non-hydrogen) atoms. The Morgan fingerprint density at radius 3 is 2.65 bits per heavy atom. The molecule has 1 saturated heterocycles. The Labute approximate surface area is 183 Å². The van der Waals surface area contributed by atoms with Gasteiger partial charge in [-0.1, -0.05) is 0 Å². The Hall–Kier alpha value is -3.46. The van der Waals surface area contributed by atoms with Crippen molar-refractivity contribution in [1.82, 2.24) is 4.98 Å². The monoisotopic (exact) mass is 438 g/mol. The molecule has 1 amide bonds. The summed E-state index contributed by atoms with van der Waals surface area (Å²) < 4.78 is 5.45. The Kier molecular flexibility index (Phi) is 6.13. The summed E-state index contributed by atoms with van der Waals surface area (Å²) in [6.45, 7) is 4.11. The van der Waals surface area contributed by atoms with Crippen molar-refractivity contribution in [2.75, 3.05) is 29.9 Å². The predicted molar refractivity (Wildman–Crippen MR) is 121 cm³/mol. The fraction of sp³-hybridized carbons (Fsp3) is 0.273. The van der Waals surface area contributed by atoms with Crippen molar-refractivity contribution in [2.45, 2.75) is 19.8 Å². The number of aromatic nitrogens is 1. The Morgan fingerprint density at radius 1 is 1.23 bits per heavy atom. The van der Waals surface area contributed by atoms with Crippen LogP contribution in [0.4, 0.5) is 16.5 Å². The average Bonchev–Trinajstić information content (AvgIpc) is 3.46. The second-order valence-electron chi connectivity index (χ2n) is 7.10. The van der Waals surface area contributed by atoms with Gasteiger partial charge in [0, 0.05) is 35.7 Å². The van der Waals surface area contributed by atoms with Crippen LogP contribution in [0.2, 0.25) is 0 Å². The van der Waals surface area contributed by atoms with Crippen LogP contribution in [0.3, 0.4) is 0 Å². The molecule has 4 rings (SSSR count). The van der Waals surface area contributed by atoms with Gasteiger partial charge in [0.2, 0.25) is 0 Å². The number of hydrogen-bond acceptors (Lipinski definition) is 7. The fourth-order valence-electron chi connectivity index (χ4n) is 3.56. The van der Waals surface area contributed by atoms with Crippen molar-refractivity contribution in [2.24, 2.45) is 0 Å². The van der Waals surface area contributed by atoms with Gasteiger partial charge in [-0.2, -0.15) is 0 Å². The number of carbonyl (C=O) groups is 1. The maximum Gasteiger partial charge on any atom is 0.293 e. The molecule has 0 atom stereocenters. The molecule has 0 aliphatic carbocycles. The fourth-order valence-corrected chi connectivity index (χ4v) is 4.27. The molecule has 0 spiro atoms. The molecule has 2 heterocycles. The maximum atomic E-state index is 12.7. The molecule has 0 unspecified atom stereocenters. The molecular weight excluding hydrogens is 416 g/mol. The predicted octanol–water partition coefficient (Wildman–Crippen LogP) is 4.97. The number of anilines is 2. The number of nitro benzene ring substituents is 1. The standard InChI is InChI=1S/C22H22N4O4S/c1-2-30-17-8-5-15(6-9-17)18-14-31-22(23-18)24-21(27)16-7-10-19(20(13-16)26(28)29)25-11-3-4-12-25/h5-10,13-14H,2-4,11-12H2,1H3,(H,23,24,27). The van der Waals surface area contributed by atoms with Gasteiger partial charge in [-0.15, -0.1) is 11.3 Å². The van der Waals surface area contributed by atoms with Crippen LogP contribution in [0, 0.1) is 10.1 Å². The van der Waals surface area contributed by atoms with E-state index in [1.165, 1.54) is 17.4 Å². The van der Waals surface area contributed by atoms with Gasteiger partial charge < -0.3 is 9.64 Å². The van der Waals surface area contributed by atoms with Crippen molar-refractivity contribution in [3.63, 3.8) is 0 Å². The van der Waals surface area contributed by atoms with E-state index in [4.69, 9.17) is 4.74 Å². The highest BCUT2D eigenvalue weighted by Gasteiger charge is 2.24. The first-order valence-electron chi connectivity index (χ1n) is 10.1. The van der Waals surface area contributed by atoms with Crippen molar-refractivity contribution in [3.8, 4) is 17.0 Å². The second-order valence-corrected chi connectivity index (χ2v) is 7.96. The van der Waals surface area contributed by atoms with Crippen LogP contribution in [0.15, 0.2) is 47.8 Å². The van der Waals surface area contributed by atoms with Gasteiger partial charge in [-0.25, -0.2) is 4.98 Å². The van der Waals surface area contributed by atoms with Crippen LogP contribution in [0.25, 0.3) is 11.3 Å². The number of carbonyl (C=O) groups excluding carboxylic acids is 1. The Bertz CT molecular complexity index is 1090. The van der Waals surface area contributed by atoms with Gasteiger partial charge in [0.1, 0.15) is 11.4 Å². The zero-order valence-electron chi connectivity index (χ0n) is 17.0. The van der Waals surface area contributed by atoms with Gasteiger partial charge in [0.15, 0.2) is 5.13 Å². The van der Waals surface area contributed by atoms with Gasteiger partial charge in [0.05, 0.1) is 17.2 Å². The number of ether oxygens (including phenoxy) is 1. The smallest absolute Gasteiger partial charge is 0.293 e. The number of nitrogens with one attached hydrogen (secondary N) is 1. The van der Waals surface area contributed by atoms with E-state index in [0.717, 1.165) is 42.9 Å². The summed E-state index contributed by atoms with van der Waals surface area (Å²) in [6, 6.07) is 12.2. The second kappa shape index (κ2) is 9.13. The molecule has 1 aromatic heterocycles. The van der Waals surface area contributed by atoms with Gasteiger partial charge in [-0.3, -0.25) is 20.2 Å². The largest absolute Gasteiger partial charge is 0.494 e. The molecule has 9 heteroatoms. The van der Waals surface area contributed by atoms with E-state index in [-0.39, 0.29) is 11.3 Å². The zero-order valence-corrected chi connectivity index (χ0v) is 17.9. The Balaban J connectivity index is 1.49. The first-order chi connectivity index (χ1) is 15.0. The minimum absolute atomic E-state index is 0.0521. The Morgan fingerprint density at radius 2 is 1.97 bits per heavy atom. The highest BCUT2D eigenvalue weighted by molar-refractivity contribution is 7.14. The van der Waals surface area contributed by atoms with E-state index in [0.29, 0.717) is 17.4 Å². The van der Waals surface area contributed by atoms with Gasteiger partial charge in [0.25, 0.3) is 11.6 Å². The lowest BCUT2D eigenvalue weighted by Crippen LogP contribution is -2.19. The van der Waals surface area contributed by atoms with Crippen LogP contribution in [-0.2, 0) is 0 Å². The zero-order chi connectivity index (χ0) is 21.8. The molecule has 1 aliphatic rings. The summed E-state index contributed by atoms with van der Waals surface area (Å²) in [5, 5.41) is 16.6. The van der Waals surface area contributed by atoms with Crippen LogP contribution < -0.4 is 15.0 Å². The molecule has 3 aromatic rings. The van der Waals surface area contributed by atoms with E-state index in [9.17, 15) is 14.9 Å². The number of thiazole rings is 1. The molecule has 1 aliphatic heterocycles. The number of benzene rings is 2.